The van der Waals surface area contributed by atoms with E-state index >= 15 is 0 Å². The molecule has 35 valence electrons. The molecule has 0 aliphatic rings. The summed E-state index contributed by atoms with van der Waals surface area (Å²) >= 11 is 2.00. The monoisotopic (exact) mass is 299 g/mol. The molecule has 1 radical (unpaired) electrons. The van der Waals surface area contributed by atoms with Gasteiger partial charge in [-0.05, 0) is 0 Å². The molecule has 0 unspecified atom stereocenters. The summed E-state index contributed by atoms with van der Waals surface area (Å²) in [6.07, 6.45) is 0. The van der Waals surface area contributed by atoms with E-state index in [1.54, 1.807) is 0 Å². The molecule has 0 aliphatic carbocycles. The fourth-order valence-electron chi connectivity index (χ4n) is 0. The molecule has 0 saturated carbocycles. The van der Waals surface area contributed by atoms with Crippen LogP contribution in [0.1, 0.15) is 0 Å². The van der Waals surface area contributed by atoms with Crippen molar-refractivity contribution in [3.8, 4) is 0 Å². The van der Waals surface area contributed by atoms with Crippen LogP contribution in [0.3, 0.4) is 0 Å². The third kappa shape index (κ3) is 8.93. The van der Waals surface area contributed by atoms with E-state index in [9.17, 15) is 0 Å². The van der Waals surface area contributed by atoms with Gasteiger partial charge in [-0.3, -0.25) is 0 Å². The van der Waals surface area contributed by atoms with E-state index in [4.69, 9.17) is 3.83 Å². The molecule has 4 heavy (non-hydrogen) atoms. The van der Waals surface area contributed by atoms with Crippen molar-refractivity contribution in [2.45, 2.75) is 0 Å². The fourth-order valence-corrected chi connectivity index (χ4v) is 0. The van der Waals surface area contributed by atoms with E-state index in [0.717, 1.165) is 0 Å². The van der Waals surface area contributed by atoms with Gasteiger partial charge < -0.3 is 0 Å². The van der Waals surface area contributed by atoms with Gasteiger partial charge in [0.25, 0.3) is 0 Å². The molecular formula is CuDyFeO. The number of hydrogen-bond acceptors (Lipinski definition) is 1. The third-order valence-corrected chi connectivity index (χ3v) is 0. The first-order valence-electron chi connectivity index (χ1n) is 0.144. The maximum absolute atomic E-state index is 8.00. The Bertz CT molecular complexity index is 8.00. The number of hydrogen-bond donors (Lipinski definition) is 0. The first-order chi connectivity index (χ1) is 1.00. The Labute approximate surface area is 73.8 Å². The zero-order chi connectivity index (χ0) is 2.00. The van der Waals surface area contributed by atoms with Gasteiger partial charge in [-0.1, -0.05) is 0 Å². The zero-order valence-electron chi connectivity index (χ0n) is 1.38. The van der Waals surface area contributed by atoms with Gasteiger partial charge in [0.05, 0.1) is 0 Å². The predicted octanol–water partition coefficient (Wildman–Crippen LogP) is -0.124. The van der Waals surface area contributed by atoms with E-state index in [0.29, 0.717) is 0 Å². The molecule has 0 fully saturated rings. The Balaban J connectivity index is -0.00000000500. The molecule has 0 aliphatic heterocycles. The quantitative estimate of drug-likeness (QED) is 0.570. The van der Waals surface area contributed by atoms with E-state index in [1.807, 2.05) is 15.9 Å². The van der Waals surface area contributed by atoms with Crippen LogP contribution in [0.5, 0.6) is 0 Å². The van der Waals surface area contributed by atoms with Crippen molar-refractivity contribution in [2.24, 2.45) is 0 Å². The first kappa shape index (κ1) is 16.5. The summed E-state index contributed by atoms with van der Waals surface area (Å²) < 4.78 is 8.00. The standard InChI is InChI=1S/Cu.Dy.Fe.O. The SMILES string of the molecule is [Cu].[Dy].[O]=[Fe]. The predicted molar refractivity (Wildman–Crippen MR) is 0.686 cm³/mol. The average Bonchev–Trinajstić information content (AvgIpc) is 1.00. The summed E-state index contributed by atoms with van der Waals surface area (Å²) in [7, 11) is 0. The van der Waals surface area contributed by atoms with Crippen molar-refractivity contribution >= 4 is 0 Å². The Hall–Kier alpha value is 2.11. The van der Waals surface area contributed by atoms with Crippen LogP contribution < -0.4 is 0 Å². The molecule has 0 N–H and O–H groups in total. The second-order valence-electron chi connectivity index (χ2n) is 0. The van der Waals surface area contributed by atoms with Gasteiger partial charge in [0.15, 0.2) is 0 Å². The van der Waals surface area contributed by atoms with E-state index in [-0.39, 0.29) is 55.2 Å². The minimum atomic E-state index is 0. The Kier molecular flexibility index (Phi) is 79.9. The molecule has 1 nitrogen and oxygen atoms in total. The van der Waals surface area contributed by atoms with Crippen LogP contribution in [0, 0.1) is 38.2 Å². The minimum absolute atomic E-state index is 0. The van der Waals surface area contributed by atoms with Crippen LogP contribution in [0.2, 0.25) is 0 Å². The van der Waals surface area contributed by atoms with Crippen molar-refractivity contribution < 1.29 is 75.0 Å². The van der Waals surface area contributed by atoms with Gasteiger partial charge in [-0.2, -0.15) is 0 Å². The number of rotatable bonds is 0. The molecule has 0 aromatic carbocycles. The Morgan fingerprint density at radius 2 is 1.25 bits per heavy atom. The van der Waals surface area contributed by atoms with Gasteiger partial charge in [0.2, 0.25) is 0 Å². The van der Waals surface area contributed by atoms with Crippen molar-refractivity contribution in [1.29, 1.82) is 0 Å². The van der Waals surface area contributed by atoms with E-state index < -0.39 is 0 Å². The molecule has 0 amide bonds. The molecule has 0 bridgehead atoms. The van der Waals surface area contributed by atoms with Crippen LogP contribution in [-0.4, -0.2) is 0 Å². The molecular weight excluding hydrogens is 298 g/mol. The van der Waals surface area contributed by atoms with Gasteiger partial charge in [0, 0.05) is 55.2 Å². The van der Waals surface area contributed by atoms with Crippen molar-refractivity contribution in [1.82, 2.24) is 0 Å². The first-order valence-corrected chi connectivity index (χ1v) is 0.595. The van der Waals surface area contributed by atoms with Crippen LogP contribution >= 0.6 is 0 Å². The maximum atomic E-state index is 8.00. The Morgan fingerprint density at radius 3 is 1.25 bits per heavy atom. The van der Waals surface area contributed by atoms with Crippen molar-refractivity contribution in [3.05, 3.63) is 0 Å². The van der Waals surface area contributed by atoms with Crippen molar-refractivity contribution in [2.75, 3.05) is 0 Å². The molecule has 0 rings (SSSR count). The van der Waals surface area contributed by atoms with Crippen LogP contribution in [0.25, 0.3) is 0 Å². The molecule has 0 spiro atoms. The normalized spacial score (nSPS) is 1.25. The summed E-state index contributed by atoms with van der Waals surface area (Å²) in [6.45, 7) is 0. The molecule has 0 atom stereocenters. The van der Waals surface area contributed by atoms with Crippen LogP contribution in [-0.2, 0) is 36.8 Å². The van der Waals surface area contributed by atoms with Crippen LogP contribution in [0.15, 0.2) is 0 Å². The Morgan fingerprint density at radius 1 is 1.25 bits per heavy atom. The third-order valence-electron chi connectivity index (χ3n) is 0. The molecule has 0 aromatic heterocycles. The summed E-state index contributed by atoms with van der Waals surface area (Å²) in [6, 6.07) is 0. The summed E-state index contributed by atoms with van der Waals surface area (Å²) in [5.41, 5.74) is 0. The van der Waals surface area contributed by atoms with Crippen LogP contribution in [0.4, 0.5) is 0 Å². The topological polar surface area (TPSA) is 17.1 Å². The van der Waals surface area contributed by atoms with Gasteiger partial charge in [-0.25, -0.2) is 0 Å². The summed E-state index contributed by atoms with van der Waals surface area (Å²) in [5, 5.41) is 0. The second-order valence-corrected chi connectivity index (χ2v) is 0. The zero-order valence-corrected chi connectivity index (χ0v) is 5.45. The fraction of sp³-hybridized carbons (Fsp3) is 0. The molecule has 0 saturated heterocycles. The molecule has 4 heteroatoms. The molecule has 0 aromatic rings. The summed E-state index contributed by atoms with van der Waals surface area (Å²) in [4.78, 5) is 0. The van der Waals surface area contributed by atoms with Gasteiger partial charge in [0.1, 0.15) is 0 Å². The van der Waals surface area contributed by atoms with E-state index in [1.165, 1.54) is 0 Å². The summed E-state index contributed by atoms with van der Waals surface area (Å²) in [5.74, 6) is 0. The van der Waals surface area contributed by atoms with E-state index in [2.05, 4.69) is 0 Å². The molecule has 0 heterocycles. The van der Waals surface area contributed by atoms with Crippen molar-refractivity contribution in [3.63, 3.8) is 0 Å². The van der Waals surface area contributed by atoms with Gasteiger partial charge >= 0.3 is 19.8 Å². The van der Waals surface area contributed by atoms with Gasteiger partial charge in [-0.15, -0.1) is 0 Å². The average molecular weight is 298 g/mol. The second kappa shape index (κ2) is 19.4.